The Morgan fingerprint density at radius 1 is 1.18 bits per heavy atom. The van der Waals surface area contributed by atoms with Gasteiger partial charge in [0.25, 0.3) is 0 Å². The van der Waals surface area contributed by atoms with Gasteiger partial charge in [-0.2, -0.15) is 0 Å². The lowest BCUT2D eigenvalue weighted by molar-refractivity contribution is 0.458. The summed E-state index contributed by atoms with van der Waals surface area (Å²) < 4.78 is 8.13. The first-order chi connectivity index (χ1) is 10.4. The molecular formula is C17H19I2NO2. The summed E-state index contributed by atoms with van der Waals surface area (Å²) >= 11 is 4.59. The Kier molecular flexibility index (Phi) is 6.34. The molecule has 0 saturated heterocycles. The standard InChI is InChI=1S/C17H19I2NO2/c1-3-12(20)7-11-8-14(18)17(15(19)9-11)22-13-4-5-16(21)10(2)6-13/h4-6,8-9,12,21H,3,7,20H2,1-2H3/t12-/m1/s1. The van der Waals surface area contributed by atoms with Crippen molar-refractivity contribution in [3.63, 3.8) is 0 Å². The first kappa shape index (κ1) is 17.8. The van der Waals surface area contributed by atoms with Crippen LogP contribution in [0, 0.1) is 14.1 Å². The number of halogens is 2. The van der Waals surface area contributed by atoms with E-state index in [1.165, 1.54) is 5.56 Å². The van der Waals surface area contributed by atoms with Gasteiger partial charge in [-0.15, -0.1) is 0 Å². The highest BCUT2D eigenvalue weighted by Crippen LogP contribution is 2.34. The van der Waals surface area contributed by atoms with Crippen LogP contribution in [0.15, 0.2) is 30.3 Å². The van der Waals surface area contributed by atoms with Gasteiger partial charge in [0.05, 0.1) is 7.14 Å². The quantitative estimate of drug-likeness (QED) is 0.544. The van der Waals surface area contributed by atoms with Gasteiger partial charge in [0, 0.05) is 6.04 Å². The highest BCUT2D eigenvalue weighted by atomic mass is 127. The van der Waals surface area contributed by atoms with E-state index in [1.807, 2.05) is 13.0 Å². The van der Waals surface area contributed by atoms with Crippen LogP contribution in [0.2, 0.25) is 0 Å². The van der Waals surface area contributed by atoms with E-state index >= 15 is 0 Å². The van der Waals surface area contributed by atoms with Crippen LogP contribution in [-0.2, 0) is 6.42 Å². The van der Waals surface area contributed by atoms with E-state index in [2.05, 4.69) is 64.2 Å². The van der Waals surface area contributed by atoms with Crippen LogP contribution in [0.5, 0.6) is 17.2 Å². The Morgan fingerprint density at radius 2 is 1.82 bits per heavy atom. The molecule has 2 rings (SSSR count). The third-order valence-corrected chi connectivity index (χ3v) is 5.07. The van der Waals surface area contributed by atoms with Crippen LogP contribution < -0.4 is 10.5 Å². The highest BCUT2D eigenvalue weighted by molar-refractivity contribution is 14.1. The predicted molar refractivity (Wildman–Crippen MR) is 107 cm³/mol. The maximum Gasteiger partial charge on any atom is 0.154 e. The number of phenols is 1. The summed E-state index contributed by atoms with van der Waals surface area (Å²) in [6.45, 7) is 3.96. The maximum atomic E-state index is 9.59. The molecule has 5 heteroatoms. The summed E-state index contributed by atoms with van der Waals surface area (Å²) in [6.07, 6.45) is 1.85. The predicted octanol–water partition coefficient (Wildman–Crippen LogP) is 4.98. The lowest BCUT2D eigenvalue weighted by Crippen LogP contribution is -2.21. The number of rotatable bonds is 5. The van der Waals surface area contributed by atoms with Gasteiger partial charge in [0.15, 0.2) is 5.75 Å². The molecule has 22 heavy (non-hydrogen) atoms. The molecule has 2 aromatic rings. The molecular weight excluding hydrogens is 504 g/mol. The third-order valence-electron chi connectivity index (χ3n) is 3.47. The fourth-order valence-electron chi connectivity index (χ4n) is 2.08. The van der Waals surface area contributed by atoms with Crippen molar-refractivity contribution >= 4 is 45.2 Å². The van der Waals surface area contributed by atoms with E-state index < -0.39 is 0 Å². The number of aryl methyl sites for hydroxylation is 1. The van der Waals surface area contributed by atoms with Crippen LogP contribution in [0.25, 0.3) is 0 Å². The molecule has 0 amide bonds. The van der Waals surface area contributed by atoms with Gasteiger partial charge in [0.1, 0.15) is 11.5 Å². The summed E-state index contributed by atoms with van der Waals surface area (Å²) in [5, 5.41) is 9.59. The van der Waals surface area contributed by atoms with E-state index in [-0.39, 0.29) is 11.8 Å². The van der Waals surface area contributed by atoms with Gasteiger partial charge < -0.3 is 15.6 Å². The van der Waals surface area contributed by atoms with E-state index in [1.54, 1.807) is 12.1 Å². The van der Waals surface area contributed by atoms with Gasteiger partial charge in [-0.3, -0.25) is 0 Å². The summed E-state index contributed by atoms with van der Waals surface area (Å²) in [6, 6.07) is 9.71. The van der Waals surface area contributed by atoms with Crippen molar-refractivity contribution in [2.24, 2.45) is 5.73 Å². The normalized spacial score (nSPS) is 12.2. The first-order valence-electron chi connectivity index (χ1n) is 7.11. The second kappa shape index (κ2) is 7.83. The molecule has 0 spiro atoms. The summed E-state index contributed by atoms with van der Waals surface area (Å²) in [4.78, 5) is 0. The van der Waals surface area contributed by atoms with Gasteiger partial charge >= 0.3 is 0 Å². The molecule has 0 fully saturated rings. The van der Waals surface area contributed by atoms with Crippen LogP contribution in [-0.4, -0.2) is 11.1 Å². The van der Waals surface area contributed by atoms with Crippen LogP contribution in [0.1, 0.15) is 24.5 Å². The molecule has 0 aliphatic heterocycles. The number of ether oxygens (including phenoxy) is 1. The number of hydrogen-bond acceptors (Lipinski definition) is 3. The van der Waals surface area contributed by atoms with Crippen LogP contribution in [0.4, 0.5) is 0 Å². The molecule has 0 aliphatic carbocycles. The molecule has 0 heterocycles. The Morgan fingerprint density at radius 3 is 2.36 bits per heavy atom. The minimum Gasteiger partial charge on any atom is -0.508 e. The van der Waals surface area contributed by atoms with E-state index in [0.29, 0.717) is 0 Å². The minimum absolute atomic E-state index is 0.193. The second-order valence-electron chi connectivity index (χ2n) is 5.31. The van der Waals surface area contributed by atoms with E-state index in [4.69, 9.17) is 10.5 Å². The average Bonchev–Trinajstić information content (AvgIpc) is 2.46. The van der Waals surface area contributed by atoms with E-state index in [0.717, 1.165) is 37.0 Å². The molecule has 0 radical (unpaired) electrons. The number of benzene rings is 2. The number of phenolic OH excluding ortho intramolecular Hbond substituents is 1. The lowest BCUT2D eigenvalue weighted by Gasteiger charge is -2.14. The zero-order chi connectivity index (χ0) is 16.3. The van der Waals surface area contributed by atoms with Crippen LogP contribution >= 0.6 is 45.2 Å². The molecule has 0 bridgehead atoms. The summed E-state index contributed by atoms with van der Waals surface area (Å²) in [5.74, 6) is 1.85. The zero-order valence-electron chi connectivity index (χ0n) is 12.6. The fraction of sp³-hybridized carbons (Fsp3) is 0.294. The molecule has 118 valence electrons. The van der Waals surface area contributed by atoms with Gasteiger partial charge in [-0.05, 0) is 106 Å². The monoisotopic (exact) mass is 523 g/mol. The summed E-state index contributed by atoms with van der Waals surface area (Å²) in [7, 11) is 0. The van der Waals surface area contributed by atoms with Crippen molar-refractivity contribution in [1.29, 1.82) is 0 Å². The molecule has 0 unspecified atom stereocenters. The molecule has 3 nitrogen and oxygen atoms in total. The SMILES string of the molecule is CC[C@@H](N)Cc1cc(I)c(Oc2ccc(O)c(C)c2)c(I)c1. The largest absolute Gasteiger partial charge is 0.508 e. The first-order valence-corrected chi connectivity index (χ1v) is 9.27. The smallest absolute Gasteiger partial charge is 0.154 e. The Labute approximate surface area is 158 Å². The summed E-state index contributed by atoms with van der Waals surface area (Å²) in [5.41, 5.74) is 8.07. The Bertz CT molecular complexity index is 651. The lowest BCUT2D eigenvalue weighted by atomic mass is 10.0. The van der Waals surface area contributed by atoms with Crippen molar-refractivity contribution in [3.05, 3.63) is 48.6 Å². The molecule has 0 saturated carbocycles. The van der Waals surface area contributed by atoms with E-state index in [9.17, 15) is 5.11 Å². The van der Waals surface area contributed by atoms with Crippen molar-refractivity contribution in [3.8, 4) is 17.2 Å². The maximum absolute atomic E-state index is 9.59. The third kappa shape index (κ3) is 4.48. The van der Waals surface area contributed by atoms with Crippen LogP contribution in [0.3, 0.4) is 0 Å². The zero-order valence-corrected chi connectivity index (χ0v) is 16.9. The Balaban J connectivity index is 2.26. The van der Waals surface area contributed by atoms with Crippen molar-refractivity contribution in [2.45, 2.75) is 32.7 Å². The molecule has 3 N–H and O–H groups in total. The average molecular weight is 523 g/mol. The number of aromatic hydroxyl groups is 1. The van der Waals surface area contributed by atoms with Gasteiger partial charge in [-0.1, -0.05) is 6.92 Å². The second-order valence-corrected chi connectivity index (χ2v) is 7.64. The molecule has 2 aromatic carbocycles. The van der Waals surface area contributed by atoms with Crippen molar-refractivity contribution < 1.29 is 9.84 Å². The molecule has 1 atom stereocenters. The number of hydrogen-bond donors (Lipinski definition) is 2. The Hall–Kier alpha value is -0.540. The minimum atomic E-state index is 0.193. The molecule has 0 aliphatic rings. The topological polar surface area (TPSA) is 55.5 Å². The van der Waals surface area contributed by atoms with Gasteiger partial charge in [-0.25, -0.2) is 0 Å². The van der Waals surface area contributed by atoms with Crippen molar-refractivity contribution in [1.82, 2.24) is 0 Å². The van der Waals surface area contributed by atoms with Crippen molar-refractivity contribution in [2.75, 3.05) is 0 Å². The number of nitrogens with two attached hydrogens (primary N) is 1. The van der Waals surface area contributed by atoms with Gasteiger partial charge in [0.2, 0.25) is 0 Å². The highest BCUT2D eigenvalue weighted by Gasteiger charge is 2.12. The fourth-order valence-corrected chi connectivity index (χ4v) is 4.20. The molecule has 0 aromatic heterocycles.